The summed E-state index contributed by atoms with van der Waals surface area (Å²) >= 11 is 0. The zero-order chi connectivity index (χ0) is 24.9. The van der Waals surface area contributed by atoms with E-state index in [1.807, 2.05) is 41.2 Å². The molecule has 5 rings (SSSR count). The third-order valence-corrected chi connectivity index (χ3v) is 7.01. The highest BCUT2D eigenvalue weighted by Crippen LogP contribution is 2.35. The molecule has 1 amide bonds. The molecule has 1 aliphatic heterocycles. The summed E-state index contributed by atoms with van der Waals surface area (Å²) in [6.07, 6.45) is 11.1. The summed E-state index contributed by atoms with van der Waals surface area (Å²) in [6, 6.07) is 10.4. The number of anilines is 2. The minimum absolute atomic E-state index is 0.0765. The second-order valence-corrected chi connectivity index (χ2v) is 9.53. The van der Waals surface area contributed by atoms with Crippen LogP contribution in [-0.4, -0.2) is 33.1 Å². The normalized spacial score (nSPS) is 18.4. The van der Waals surface area contributed by atoms with Crippen LogP contribution in [0.15, 0.2) is 48.8 Å². The van der Waals surface area contributed by atoms with Crippen LogP contribution in [0.1, 0.15) is 56.6 Å². The third-order valence-electron chi connectivity index (χ3n) is 7.01. The molecule has 1 saturated carbocycles. The molecule has 2 atom stereocenters. The summed E-state index contributed by atoms with van der Waals surface area (Å²) in [6.45, 7) is 7.75. The molecule has 3 aromatic rings. The number of aromatic nitrogens is 3. The number of carbonyl (C=O) groups is 1. The van der Waals surface area contributed by atoms with E-state index >= 15 is 0 Å². The summed E-state index contributed by atoms with van der Waals surface area (Å²) in [5.74, 6) is 2.38. The van der Waals surface area contributed by atoms with Crippen molar-refractivity contribution in [2.24, 2.45) is 5.92 Å². The monoisotopic (exact) mass is 485 g/mol. The second kappa shape index (κ2) is 10.7. The van der Waals surface area contributed by atoms with Gasteiger partial charge in [0, 0.05) is 30.4 Å². The Labute approximate surface area is 210 Å². The lowest BCUT2D eigenvalue weighted by Gasteiger charge is -2.31. The highest BCUT2D eigenvalue weighted by molar-refractivity contribution is 5.85. The van der Waals surface area contributed by atoms with Crippen LogP contribution in [-0.2, 0) is 4.79 Å². The molecule has 0 spiro atoms. The van der Waals surface area contributed by atoms with Crippen molar-refractivity contribution in [2.45, 2.75) is 57.0 Å². The molecule has 9 nitrogen and oxygen atoms in total. The van der Waals surface area contributed by atoms with Crippen LogP contribution in [0.2, 0.25) is 0 Å². The first kappa shape index (κ1) is 23.7. The molecule has 0 unspecified atom stereocenters. The molecule has 9 heteroatoms. The van der Waals surface area contributed by atoms with Crippen LogP contribution in [0, 0.1) is 12.5 Å². The molecule has 36 heavy (non-hydrogen) atoms. The Balaban J connectivity index is 1.37. The molecule has 1 aromatic carbocycles. The van der Waals surface area contributed by atoms with Crippen LogP contribution >= 0.6 is 0 Å². The molecule has 4 N–H and O–H groups in total. The Kier molecular flexibility index (Phi) is 7.03. The van der Waals surface area contributed by atoms with Crippen molar-refractivity contribution in [1.82, 2.24) is 19.9 Å². The fraction of sp³-hybridized carbons (Fsp3) is 0.407. The van der Waals surface area contributed by atoms with Crippen molar-refractivity contribution in [3.8, 4) is 11.6 Å². The Hall–Kier alpha value is -4.06. The van der Waals surface area contributed by atoms with Gasteiger partial charge in [-0.15, -0.1) is 0 Å². The molecule has 186 valence electrons. The van der Waals surface area contributed by atoms with Crippen LogP contribution in [0.4, 0.5) is 17.5 Å². The molecule has 1 aliphatic carbocycles. The number of hydrogen-bond donors (Lipinski definition) is 3. The first-order valence-electron chi connectivity index (χ1n) is 12.6. The number of benzene rings is 1. The van der Waals surface area contributed by atoms with E-state index in [-0.39, 0.29) is 17.9 Å². The highest BCUT2D eigenvalue weighted by atomic mass is 16.5. The van der Waals surface area contributed by atoms with Crippen molar-refractivity contribution in [3.63, 3.8) is 0 Å². The minimum atomic E-state index is -0.464. The van der Waals surface area contributed by atoms with E-state index in [2.05, 4.69) is 25.4 Å². The third kappa shape index (κ3) is 5.43. The molecule has 2 aromatic heterocycles. The summed E-state index contributed by atoms with van der Waals surface area (Å²) in [5, 5.41) is 6.61. The lowest BCUT2D eigenvalue weighted by atomic mass is 9.84. The molecular weight excluding hydrogens is 454 g/mol. The summed E-state index contributed by atoms with van der Waals surface area (Å²) in [7, 11) is 0. The zero-order valence-electron chi connectivity index (χ0n) is 20.2. The van der Waals surface area contributed by atoms with E-state index in [0.29, 0.717) is 42.0 Å². The minimum Gasteiger partial charge on any atom is -0.494 e. The predicted molar refractivity (Wildman–Crippen MR) is 138 cm³/mol. The van der Waals surface area contributed by atoms with E-state index in [9.17, 15) is 4.79 Å². The predicted octanol–water partition coefficient (Wildman–Crippen LogP) is 4.79. The smallest absolute Gasteiger partial charge is 0.243 e. The molecule has 2 aliphatic rings. The van der Waals surface area contributed by atoms with Gasteiger partial charge in [-0.2, -0.15) is 9.97 Å². The van der Waals surface area contributed by atoms with Gasteiger partial charge in [-0.1, -0.05) is 44.2 Å². The first-order valence-corrected chi connectivity index (χ1v) is 12.6. The fourth-order valence-corrected chi connectivity index (χ4v) is 5.18. The quantitative estimate of drug-likeness (QED) is 0.415. The van der Waals surface area contributed by atoms with E-state index in [4.69, 9.17) is 17.0 Å². The van der Waals surface area contributed by atoms with Gasteiger partial charge in [0.25, 0.3) is 0 Å². The molecule has 0 saturated heterocycles. The average Bonchev–Trinajstić information content (AvgIpc) is 3.44. The van der Waals surface area contributed by atoms with Crippen molar-refractivity contribution in [2.75, 3.05) is 17.7 Å². The van der Waals surface area contributed by atoms with Crippen LogP contribution in [0.5, 0.6) is 5.75 Å². The number of hydrogen-bond acceptors (Lipinski definition) is 6. The number of nitrogens with zero attached hydrogens (tertiary/aromatic N) is 4. The van der Waals surface area contributed by atoms with E-state index in [1.165, 1.54) is 19.3 Å². The number of nitrogens with two attached hydrogens (primary N) is 1. The lowest BCUT2D eigenvalue weighted by molar-refractivity contribution is -0.123. The van der Waals surface area contributed by atoms with Crippen molar-refractivity contribution < 1.29 is 9.53 Å². The van der Waals surface area contributed by atoms with Gasteiger partial charge >= 0.3 is 0 Å². The van der Waals surface area contributed by atoms with Crippen molar-refractivity contribution in [1.29, 1.82) is 0 Å². The number of ether oxygens (including phenoxy) is 1. The van der Waals surface area contributed by atoms with Crippen molar-refractivity contribution >= 4 is 23.4 Å². The zero-order valence-corrected chi connectivity index (χ0v) is 20.2. The summed E-state index contributed by atoms with van der Waals surface area (Å²) in [5.41, 5.74) is 7.44. The lowest BCUT2D eigenvalue weighted by Crippen LogP contribution is -2.43. The SMILES string of the molecule is [C-]#[N+]c1ccc2c(c1)OCC[C@H]2NC(=O)[C@@H](CC1CCCCC1)Nc1cc(-n2cccc2)nc(N)n1. The van der Waals surface area contributed by atoms with Gasteiger partial charge in [0.1, 0.15) is 23.4 Å². The van der Waals surface area contributed by atoms with Crippen LogP contribution in [0.25, 0.3) is 10.7 Å². The number of nitrogen functional groups attached to an aromatic ring is 1. The molecule has 0 bridgehead atoms. The summed E-state index contributed by atoms with van der Waals surface area (Å²) in [4.78, 5) is 25.9. The van der Waals surface area contributed by atoms with E-state index in [1.54, 1.807) is 12.1 Å². The van der Waals surface area contributed by atoms with Gasteiger partial charge in [0.15, 0.2) is 5.69 Å². The van der Waals surface area contributed by atoms with Crippen LogP contribution < -0.4 is 21.1 Å². The number of carbonyl (C=O) groups excluding carboxylic acids is 1. The average molecular weight is 486 g/mol. The standard InChI is InChI=1S/C27H31N7O2/c1-29-19-9-10-20-21(11-14-36-23(20)16-19)31-26(35)22(15-18-7-3-2-4-8-18)30-24-17-25(33-27(28)32-24)34-12-5-6-13-34/h5-6,9-10,12-13,16-18,21-22H,2-4,7-8,11,14-15H2,(H,31,35)(H3,28,30,32,33)/t21-,22-/m1/s1. The van der Waals surface area contributed by atoms with Gasteiger partial charge < -0.3 is 25.7 Å². The summed E-state index contributed by atoms with van der Waals surface area (Å²) < 4.78 is 7.63. The Morgan fingerprint density at radius 2 is 1.97 bits per heavy atom. The maximum absolute atomic E-state index is 13.7. The van der Waals surface area contributed by atoms with E-state index in [0.717, 1.165) is 24.8 Å². The molecule has 0 radical (unpaired) electrons. The topological polar surface area (TPSA) is 111 Å². The van der Waals surface area contributed by atoms with Crippen molar-refractivity contribution in [3.05, 3.63) is 65.8 Å². The van der Waals surface area contributed by atoms with Gasteiger partial charge in [0.05, 0.1) is 19.2 Å². The highest BCUT2D eigenvalue weighted by Gasteiger charge is 2.29. The largest absolute Gasteiger partial charge is 0.494 e. The maximum atomic E-state index is 13.7. The maximum Gasteiger partial charge on any atom is 0.243 e. The molecule has 1 fully saturated rings. The van der Waals surface area contributed by atoms with Crippen LogP contribution in [0.3, 0.4) is 0 Å². The number of nitrogens with one attached hydrogen (secondary N) is 2. The van der Waals surface area contributed by atoms with Gasteiger partial charge in [-0.05, 0) is 30.5 Å². The Morgan fingerprint density at radius 3 is 2.75 bits per heavy atom. The van der Waals surface area contributed by atoms with Gasteiger partial charge in [-0.3, -0.25) is 4.79 Å². The molecule has 3 heterocycles. The fourth-order valence-electron chi connectivity index (χ4n) is 5.18. The number of amides is 1. The van der Waals surface area contributed by atoms with E-state index < -0.39 is 6.04 Å². The number of fused-ring (bicyclic) bond motifs is 1. The molecular formula is C27H31N7O2. The van der Waals surface area contributed by atoms with Gasteiger partial charge in [-0.25, -0.2) is 4.85 Å². The second-order valence-electron chi connectivity index (χ2n) is 9.53. The van der Waals surface area contributed by atoms with Gasteiger partial charge in [0.2, 0.25) is 11.9 Å². The Bertz CT molecular complexity index is 1250. The Morgan fingerprint density at radius 1 is 1.17 bits per heavy atom. The first-order chi connectivity index (χ1) is 17.6. The number of rotatable bonds is 7.